The third-order valence-corrected chi connectivity index (χ3v) is 2.66. The number of nitrogens with one attached hydrogen (secondary N) is 1. The number of rotatable bonds is 8. The topological polar surface area (TPSA) is 29.1 Å². The maximum absolute atomic E-state index is 10.4. The number of hydrogen-bond acceptors (Lipinski definition) is 2. The maximum atomic E-state index is 10.4. The highest BCUT2D eigenvalue weighted by Crippen LogP contribution is 2.17. The van der Waals surface area contributed by atoms with Gasteiger partial charge < -0.3 is 10.1 Å². The molecule has 1 N–H and O–H groups in total. The molecule has 96 valence electrons. The number of aldehydes is 1. The van der Waals surface area contributed by atoms with E-state index in [9.17, 15) is 4.79 Å². The summed E-state index contributed by atoms with van der Waals surface area (Å²) in [5, 5.41) is 3.26. The van der Waals surface area contributed by atoms with Crippen molar-refractivity contribution in [2.45, 2.75) is 32.6 Å². The van der Waals surface area contributed by atoms with E-state index in [1.807, 2.05) is 24.3 Å². The first-order chi connectivity index (χ1) is 8.65. The van der Waals surface area contributed by atoms with Crippen molar-refractivity contribution in [3.8, 4) is 0 Å². The molecule has 0 heterocycles. The van der Waals surface area contributed by atoms with Gasteiger partial charge in [-0.3, -0.25) is 0 Å². The van der Waals surface area contributed by atoms with E-state index in [0.717, 1.165) is 42.5 Å². The first kappa shape index (κ1) is 14.2. The molecule has 1 aromatic carbocycles. The van der Waals surface area contributed by atoms with E-state index in [2.05, 4.69) is 25.4 Å². The summed E-state index contributed by atoms with van der Waals surface area (Å²) in [5.41, 5.74) is 4.18. The molecule has 1 aromatic rings. The Morgan fingerprint density at radius 1 is 1.28 bits per heavy atom. The molecule has 0 bridgehead atoms. The largest absolute Gasteiger partial charge is 0.359 e. The average molecular weight is 243 g/mol. The first-order valence-corrected chi connectivity index (χ1v) is 6.29. The molecule has 0 aromatic heterocycles. The number of benzene rings is 1. The molecule has 0 radical (unpaired) electrons. The van der Waals surface area contributed by atoms with Gasteiger partial charge in [-0.25, -0.2) is 0 Å². The Bertz CT molecular complexity index is 417. The molecule has 0 atom stereocenters. The standard InChI is InChI=1S/C16H21NO/c1-4-5-13(2)12-14(3)17-16-8-6-15(7-9-16)10-11-18/h6-9,11,17H,2-5,10,12H2,1H3. The van der Waals surface area contributed by atoms with Crippen LogP contribution in [0.5, 0.6) is 0 Å². The summed E-state index contributed by atoms with van der Waals surface area (Å²) in [6.45, 7) is 10.2. The molecule has 18 heavy (non-hydrogen) atoms. The highest BCUT2D eigenvalue weighted by Gasteiger charge is 1.99. The van der Waals surface area contributed by atoms with Gasteiger partial charge in [-0.1, -0.05) is 44.2 Å². The second kappa shape index (κ2) is 7.49. The summed E-state index contributed by atoms with van der Waals surface area (Å²) in [6.07, 6.45) is 4.35. The van der Waals surface area contributed by atoms with E-state index < -0.39 is 0 Å². The van der Waals surface area contributed by atoms with Crippen molar-refractivity contribution >= 4 is 12.0 Å². The number of hydrogen-bond donors (Lipinski definition) is 1. The molecule has 0 saturated heterocycles. The van der Waals surface area contributed by atoms with Gasteiger partial charge in [-0.2, -0.15) is 0 Å². The Morgan fingerprint density at radius 2 is 1.94 bits per heavy atom. The summed E-state index contributed by atoms with van der Waals surface area (Å²) in [6, 6.07) is 7.83. The van der Waals surface area contributed by atoms with E-state index in [4.69, 9.17) is 0 Å². The van der Waals surface area contributed by atoms with Crippen LogP contribution in [0, 0.1) is 0 Å². The fourth-order valence-corrected chi connectivity index (χ4v) is 1.81. The lowest BCUT2D eigenvalue weighted by molar-refractivity contribution is -0.107. The van der Waals surface area contributed by atoms with Gasteiger partial charge in [-0.15, -0.1) is 0 Å². The van der Waals surface area contributed by atoms with Crippen LogP contribution in [0.15, 0.2) is 48.7 Å². The zero-order valence-corrected chi connectivity index (χ0v) is 11.0. The summed E-state index contributed by atoms with van der Waals surface area (Å²) >= 11 is 0. The van der Waals surface area contributed by atoms with Crippen LogP contribution in [0.2, 0.25) is 0 Å². The van der Waals surface area contributed by atoms with Crippen LogP contribution >= 0.6 is 0 Å². The third kappa shape index (κ3) is 5.00. The highest BCUT2D eigenvalue weighted by atomic mass is 16.1. The lowest BCUT2D eigenvalue weighted by Gasteiger charge is -2.11. The molecule has 2 nitrogen and oxygen atoms in total. The summed E-state index contributed by atoms with van der Waals surface area (Å²) < 4.78 is 0. The second-order valence-corrected chi connectivity index (χ2v) is 4.47. The Hall–Kier alpha value is -1.83. The lowest BCUT2D eigenvalue weighted by atomic mass is 10.1. The van der Waals surface area contributed by atoms with Gasteiger partial charge in [0.25, 0.3) is 0 Å². The van der Waals surface area contributed by atoms with Crippen molar-refractivity contribution in [2.75, 3.05) is 5.32 Å². The van der Waals surface area contributed by atoms with Gasteiger partial charge in [0.15, 0.2) is 0 Å². The van der Waals surface area contributed by atoms with Gasteiger partial charge in [0.2, 0.25) is 0 Å². The molecule has 2 heteroatoms. The van der Waals surface area contributed by atoms with Crippen molar-refractivity contribution < 1.29 is 4.79 Å². The van der Waals surface area contributed by atoms with Crippen LogP contribution < -0.4 is 5.32 Å². The monoisotopic (exact) mass is 243 g/mol. The Labute approximate surface area is 109 Å². The molecule has 0 aliphatic rings. The number of allylic oxidation sites excluding steroid dienone is 1. The SMILES string of the molecule is C=C(CCC)CC(=C)Nc1ccc(CC=O)cc1. The minimum absolute atomic E-state index is 0.467. The molecule has 0 fully saturated rings. The fraction of sp³-hybridized carbons (Fsp3) is 0.312. The van der Waals surface area contributed by atoms with Gasteiger partial charge in [0.05, 0.1) is 0 Å². The zero-order valence-electron chi connectivity index (χ0n) is 11.0. The lowest BCUT2D eigenvalue weighted by Crippen LogP contribution is -1.99. The minimum atomic E-state index is 0.467. The number of carbonyl (C=O) groups excluding carboxylic acids is 1. The fourth-order valence-electron chi connectivity index (χ4n) is 1.81. The van der Waals surface area contributed by atoms with Crippen LogP contribution in [-0.2, 0) is 11.2 Å². The average Bonchev–Trinajstić information content (AvgIpc) is 2.32. The minimum Gasteiger partial charge on any atom is -0.359 e. The Balaban J connectivity index is 2.49. The highest BCUT2D eigenvalue weighted by molar-refractivity contribution is 5.57. The number of carbonyl (C=O) groups is 1. The molecule has 0 spiro atoms. The zero-order chi connectivity index (χ0) is 13.4. The summed E-state index contributed by atoms with van der Waals surface area (Å²) in [4.78, 5) is 10.4. The smallest absolute Gasteiger partial charge is 0.124 e. The quantitative estimate of drug-likeness (QED) is 0.550. The maximum Gasteiger partial charge on any atom is 0.124 e. The van der Waals surface area contributed by atoms with Crippen molar-refractivity contribution in [1.29, 1.82) is 0 Å². The van der Waals surface area contributed by atoms with E-state index in [1.165, 1.54) is 5.57 Å². The van der Waals surface area contributed by atoms with Crippen LogP contribution in [-0.4, -0.2) is 6.29 Å². The molecular formula is C16H21NO. The van der Waals surface area contributed by atoms with Crippen molar-refractivity contribution in [2.24, 2.45) is 0 Å². The molecule has 1 rings (SSSR count). The van der Waals surface area contributed by atoms with Gasteiger partial charge in [-0.05, 0) is 24.1 Å². The summed E-state index contributed by atoms with van der Waals surface area (Å²) in [5.74, 6) is 0. The molecule has 0 aliphatic carbocycles. The van der Waals surface area contributed by atoms with E-state index >= 15 is 0 Å². The predicted octanol–water partition coefficient (Wildman–Crippen LogP) is 4.10. The summed E-state index contributed by atoms with van der Waals surface area (Å²) in [7, 11) is 0. The predicted molar refractivity (Wildman–Crippen MR) is 77.6 cm³/mol. The van der Waals surface area contributed by atoms with Crippen molar-refractivity contribution in [3.63, 3.8) is 0 Å². The van der Waals surface area contributed by atoms with E-state index in [0.29, 0.717) is 6.42 Å². The Morgan fingerprint density at radius 3 is 2.50 bits per heavy atom. The van der Waals surface area contributed by atoms with Gasteiger partial charge >= 0.3 is 0 Å². The van der Waals surface area contributed by atoms with Crippen LogP contribution in [0.1, 0.15) is 31.7 Å². The van der Waals surface area contributed by atoms with Crippen LogP contribution in [0.3, 0.4) is 0 Å². The van der Waals surface area contributed by atoms with Crippen molar-refractivity contribution in [3.05, 3.63) is 54.3 Å². The van der Waals surface area contributed by atoms with E-state index in [-0.39, 0.29) is 0 Å². The number of anilines is 1. The van der Waals surface area contributed by atoms with Gasteiger partial charge in [0.1, 0.15) is 6.29 Å². The third-order valence-electron chi connectivity index (χ3n) is 2.66. The van der Waals surface area contributed by atoms with E-state index in [1.54, 1.807) is 0 Å². The molecule has 0 unspecified atom stereocenters. The first-order valence-electron chi connectivity index (χ1n) is 6.29. The Kier molecular flexibility index (Phi) is 5.92. The normalized spacial score (nSPS) is 9.83. The van der Waals surface area contributed by atoms with Crippen LogP contribution in [0.4, 0.5) is 5.69 Å². The molecule has 0 amide bonds. The molecule has 0 saturated carbocycles. The second-order valence-electron chi connectivity index (χ2n) is 4.47. The molecular weight excluding hydrogens is 222 g/mol. The van der Waals surface area contributed by atoms with Crippen LogP contribution in [0.25, 0.3) is 0 Å². The van der Waals surface area contributed by atoms with Gasteiger partial charge in [0, 0.05) is 24.2 Å². The molecule has 0 aliphatic heterocycles. The van der Waals surface area contributed by atoms with Crippen molar-refractivity contribution in [1.82, 2.24) is 0 Å².